The summed E-state index contributed by atoms with van der Waals surface area (Å²) in [5.74, 6) is 0.0841. The first-order chi connectivity index (χ1) is 10.9. The van der Waals surface area contributed by atoms with Gasteiger partial charge < -0.3 is 15.4 Å². The first-order valence-corrected chi connectivity index (χ1v) is 8.45. The van der Waals surface area contributed by atoms with Crippen LogP contribution in [0.4, 0.5) is 0 Å². The number of aryl methyl sites for hydroxylation is 1. The number of carbonyl (C=O) groups excluding carboxylic acids is 1. The number of piperidine rings is 1. The molecule has 23 heavy (non-hydrogen) atoms. The van der Waals surface area contributed by atoms with E-state index >= 15 is 0 Å². The van der Waals surface area contributed by atoms with Crippen molar-refractivity contribution in [1.82, 2.24) is 10.6 Å². The number of amides is 1. The lowest BCUT2D eigenvalue weighted by molar-refractivity contribution is -0.126. The van der Waals surface area contributed by atoms with Crippen molar-refractivity contribution in [3.05, 3.63) is 35.4 Å². The van der Waals surface area contributed by atoms with Gasteiger partial charge in [-0.1, -0.05) is 24.3 Å². The van der Waals surface area contributed by atoms with E-state index in [0.717, 1.165) is 37.1 Å². The summed E-state index contributed by atoms with van der Waals surface area (Å²) in [7, 11) is 1.74. The Hall–Kier alpha value is -1.39. The van der Waals surface area contributed by atoms with Gasteiger partial charge in [0, 0.05) is 19.1 Å². The maximum Gasteiger partial charge on any atom is 0.230 e. The number of nitrogens with one attached hydrogen (secondary N) is 2. The summed E-state index contributed by atoms with van der Waals surface area (Å²) in [6, 6.07) is 8.11. The highest BCUT2D eigenvalue weighted by atomic mass is 16.5. The topological polar surface area (TPSA) is 50.4 Å². The van der Waals surface area contributed by atoms with Crippen LogP contribution in [0, 0.1) is 12.3 Å². The van der Waals surface area contributed by atoms with Gasteiger partial charge in [-0.05, 0) is 57.8 Å². The van der Waals surface area contributed by atoms with Gasteiger partial charge in [-0.3, -0.25) is 4.79 Å². The summed E-state index contributed by atoms with van der Waals surface area (Å²) >= 11 is 0. The quantitative estimate of drug-likeness (QED) is 0.847. The minimum Gasteiger partial charge on any atom is -0.384 e. The molecule has 2 N–H and O–H groups in total. The summed E-state index contributed by atoms with van der Waals surface area (Å²) in [5.41, 5.74) is 1.76. The molecule has 0 unspecified atom stereocenters. The fourth-order valence-electron chi connectivity index (χ4n) is 3.52. The second kappa shape index (κ2) is 7.45. The molecule has 1 aliphatic rings. The van der Waals surface area contributed by atoms with Crippen LogP contribution < -0.4 is 10.6 Å². The van der Waals surface area contributed by atoms with Crippen LogP contribution >= 0.6 is 0 Å². The van der Waals surface area contributed by atoms with E-state index in [9.17, 15) is 4.79 Å². The van der Waals surface area contributed by atoms with Crippen LogP contribution in [-0.2, 0) is 14.9 Å². The molecule has 1 aromatic carbocycles. The molecular weight excluding hydrogens is 288 g/mol. The SMILES string of the molecule is COCC1(CNC(=O)C(C)(C)c2ccccc2C)CCNCC1. The molecule has 1 amide bonds. The fourth-order valence-corrected chi connectivity index (χ4v) is 3.52. The Morgan fingerprint density at radius 3 is 2.57 bits per heavy atom. The largest absolute Gasteiger partial charge is 0.384 e. The zero-order chi connectivity index (χ0) is 16.9. The first-order valence-electron chi connectivity index (χ1n) is 8.45. The summed E-state index contributed by atoms with van der Waals surface area (Å²) < 4.78 is 5.43. The van der Waals surface area contributed by atoms with Crippen molar-refractivity contribution in [2.24, 2.45) is 5.41 Å². The lowest BCUT2D eigenvalue weighted by atomic mass is 9.78. The van der Waals surface area contributed by atoms with Gasteiger partial charge in [0.1, 0.15) is 0 Å². The molecule has 0 aliphatic carbocycles. The highest BCUT2D eigenvalue weighted by Gasteiger charge is 2.36. The average Bonchev–Trinajstić information content (AvgIpc) is 2.54. The molecule has 4 heteroatoms. The third-order valence-electron chi connectivity index (χ3n) is 5.12. The van der Waals surface area contributed by atoms with Crippen LogP contribution in [0.3, 0.4) is 0 Å². The lowest BCUT2D eigenvalue weighted by Crippen LogP contribution is -2.50. The summed E-state index contributed by atoms with van der Waals surface area (Å²) in [4.78, 5) is 12.8. The van der Waals surface area contributed by atoms with Crippen molar-refractivity contribution in [2.75, 3.05) is 33.4 Å². The van der Waals surface area contributed by atoms with Crippen LogP contribution in [-0.4, -0.2) is 39.3 Å². The number of ether oxygens (including phenoxy) is 1. The van der Waals surface area contributed by atoms with Gasteiger partial charge in [-0.25, -0.2) is 0 Å². The summed E-state index contributed by atoms with van der Waals surface area (Å²) in [6.07, 6.45) is 2.07. The molecule has 128 valence electrons. The standard InChI is InChI=1S/C19H30N2O2/c1-15-7-5-6-8-16(15)18(2,3)17(22)21-13-19(14-23-4)9-11-20-12-10-19/h5-8,20H,9-14H2,1-4H3,(H,21,22). The molecule has 1 aliphatic heterocycles. The van der Waals surface area contributed by atoms with E-state index in [1.165, 1.54) is 0 Å². The number of methoxy groups -OCH3 is 1. The number of hydrogen-bond acceptors (Lipinski definition) is 3. The highest BCUT2D eigenvalue weighted by Crippen LogP contribution is 2.30. The van der Waals surface area contributed by atoms with Gasteiger partial charge in [-0.15, -0.1) is 0 Å². The number of hydrogen-bond donors (Lipinski definition) is 2. The second-order valence-electron chi connectivity index (χ2n) is 7.31. The number of rotatable bonds is 6. The van der Waals surface area contributed by atoms with Crippen LogP contribution in [0.2, 0.25) is 0 Å². The zero-order valence-electron chi connectivity index (χ0n) is 14.9. The van der Waals surface area contributed by atoms with Gasteiger partial charge in [0.15, 0.2) is 0 Å². The third kappa shape index (κ3) is 4.12. The van der Waals surface area contributed by atoms with Crippen molar-refractivity contribution in [3.63, 3.8) is 0 Å². The fraction of sp³-hybridized carbons (Fsp3) is 0.632. The molecule has 1 saturated heterocycles. The van der Waals surface area contributed by atoms with Crippen molar-refractivity contribution >= 4 is 5.91 Å². The molecule has 0 bridgehead atoms. The monoisotopic (exact) mass is 318 g/mol. The van der Waals surface area contributed by atoms with E-state index < -0.39 is 5.41 Å². The maximum absolute atomic E-state index is 12.8. The van der Waals surface area contributed by atoms with Crippen LogP contribution in [0.15, 0.2) is 24.3 Å². The lowest BCUT2D eigenvalue weighted by Gasteiger charge is -2.38. The molecule has 1 aromatic rings. The predicted molar refractivity (Wildman–Crippen MR) is 93.6 cm³/mol. The number of benzene rings is 1. The van der Waals surface area contributed by atoms with E-state index in [2.05, 4.69) is 23.6 Å². The Morgan fingerprint density at radius 2 is 1.96 bits per heavy atom. The molecule has 2 rings (SSSR count). The van der Waals surface area contributed by atoms with Crippen LogP contribution in [0.5, 0.6) is 0 Å². The van der Waals surface area contributed by atoms with Gasteiger partial charge in [0.2, 0.25) is 5.91 Å². The average molecular weight is 318 g/mol. The minimum atomic E-state index is -0.535. The maximum atomic E-state index is 12.8. The number of carbonyl (C=O) groups is 1. The van der Waals surface area contributed by atoms with E-state index in [4.69, 9.17) is 4.74 Å². The highest BCUT2D eigenvalue weighted by molar-refractivity contribution is 5.87. The minimum absolute atomic E-state index is 0.0530. The van der Waals surface area contributed by atoms with Crippen molar-refractivity contribution in [2.45, 2.75) is 39.0 Å². The Morgan fingerprint density at radius 1 is 1.30 bits per heavy atom. The van der Waals surface area contributed by atoms with Gasteiger partial charge in [-0.2, -0.15) is 0 Å². The molecule has 0 atom stereocenters. The Labute approximate surface area is 140 Å². The van der Waals surface area contributed by atoms with E-state index in [1.54, 1.807) is 7.11 Å². The zero-order valence-corrected chi connectivity index (χ0v) is 14.9. The molecule has 4 nitrogen and oxygen atoms in total. The van der Waals surface area contributed by atoms with E-state index in [0.29, 0.717) is 13.2 Å². The van der Waals surface area contributed by atoms with E-state index in [-0.39, 0.29) is 11.3 Å². The summed E-state index contributed by atoms with van der Waals surface area (Å²) in [6.45, 7) is 9.40. The van der Waals surface area contributed by atoms with Crippen LogP contribution in [0.25, 0.3) is 0 Å². The van der Waals surface area contributed by atoms with Crippen molar-refractivity contribution in [1.29, 1.82) is 0 Å². The summed E-state index contributed by atoms with van der Waals surface area (Å²) in [5, 5.41) is 6.58. The van der Waals surface area contributed by atoms with E-state index in [1.807, 2.05) is 32.0 Å². The molecule has 1 heterocycles. The second-order valence-corrected chi connectivity index (χ2v) is 7.31. The third-order valence-corrected chi connectivity index (χ3v) is 5.12. The Kier molecular flexibility index (Phi) is 5.82. The predicted octanol–water partition coefficient (Wildman–Crippen LogP) is 2.41. The van der Waals surface area contributed by atoms with Crippen LogP contribution in [0.1, 0.15) is 37.8 Å². The van der Waals surface area contributed by atoms with Gasteiger partial charge in [0.25, 0.3) is 0 Å². The molecule has 0 aromatic heterocycles. The molecule has 1 fully saturated rings. The molecule has 0 spiro atoms. The van der Waals surface area contributed by atoms with Gasteiger partial charge >= 0.3 is 0 Å². The molecule has 0 radical (unpaired) electrons. The van der Waals surface area contributed by atoms with Crippen molar-refractivity contribution in [3.8, 4) is 0 Å². The normalized spacial score (nSPS) is 17.7. The first kappa shape index (κ1) is 18.0. The van der Waals surface area contributed by atoms with Gasteiger partial charge in [0.05, 0.1) is 12.0 Å². The smallest absolute Gasteiger partial charge is 0.230 e. The Balaban J connectivity index is 2.07. The Bertz CT molecular complexity index is 528. The van der Waals surface area contributed by atoms with Crippen molar-refractivity contribution < 1.29 is 9.53 Å². The molecular formula is C19H30N2O2. The molecule has 0 saturated carbocycles.